The van der Waals surface area contributed by atoms with Crippen molar-refractivity contribution in [3.8, 4) is 22.5 Å². The summed E-state index contributed by atoms with van der Waals surface area (Å²) >= 11 is 1.76. The van der Waals surface area contributed by atoms with Crippen molar-refractivity contribution < 1.29 is 4.42 Å². The van der Waals surface area contributed by atoms with E-state index in [2.05, 4.69) is 122 Å². The second-order valence-electron chi connectivity index (χ2n) is 12.2. The number of rotatable bonds is 7. The second kappa shape index (κ2) is 12.3. The van der Waals surface area contributed by atoms with Crippen molar-refractivity contribution >= 4 is 71.9 Å². The van der Waals surface area contributed by atoms with Crippen molar-refractivity contribution in [2.45, 2.75) is 19.3 Å². The average Bonchev–Trinajstić information content (AvgIpc) is 3.73. The first-order valence-electron chi connectivity index (χ1n) is 16.6. The van der Waals surface area contributed by atoms with Crippen LogP contribution in [0, 0.1) is 0 Å². The van der Waals surface area contributed by atoms with Gasteiger partial charge in [-0.3, -0.25) is 0 Å². The lowest BCUT2D eigenvalue weighted by molar-refractivity contribution is 0.669. The van der Waals surface area contributed by atoms with Crippen molar-refractivity contribution in [2.24, 2.45) is 0 Å². The maximum absolute atomic E-state index is 6.25. The van der Waals surface area contributed by atoms with Crippen LogP contribution < -0.4 is 0 Å². The van der Waals surface area contributed by atoms with Crippen molar-refractivity contribution in [1.29, 1.82) is 0 Å². The fourth-order valence-corrected chi connectivity index (χ4v) is 8.01. The molecule has 49 heavy (non-hydrogen) atoms. The van der Waals surface area contributed by atoms with Crippen LogP contribution in [0.4, 0.5) is 0 Å². The van der Waals surface area contributed by atoms with E-state index in [-0.39, 0.29) is 0 Å². The van der Waals surface area contributed by atoms with Gasteiger partial charge in [-0.25, -0.2) is 15.0 Å². The first-order valence-corrected chi connectivity index (χ1v) is 17.4. The molecule has 4 nitrogen and oxygen atoms in total. The van der Waals surface area contributed by atoms with Gasteiger partial charge >= 0.3 is 0 Å². The van der Waals surface area contributed by atoms with E-state index < -0.39 is 0 Å². The van der Waals surface area contributed by atoms with Crippen molar-refractivity contribution in [2.75, 3.05) is 0 Å². The van der Waals surface area contributed by atoms with E-state index in [0.29, 0.717) is 18.1 Å². The molecule has 5 heteroatoms. The monoisotopic (exact) mass is 649 g/mol. The summed E-state index contributed by atoms with van der Waals surface area (Å²) in [5.74, 6) is 2.12. The third-order valence-electron chi connectivity index (χ3n) is 9.22. The van der Waals surface area contributed by atoms with Gasteiger partial charge in [0.25, 0.3) is 0 Å². The first-order chi connectivity index (χ1) is 24.2. The maximum atomic E-state index is 6.25. The zero-order valence-electron chi connectivity index (χ0n) is 26.8. The number of benzene rings is 5. The molecule has 0 aliphatic heterocycles. The van der Waals surface area contributed by atoms with Gasteiger partial charge in [-0.2, -0.15) is 0 Å². The highest BCUT2D eigenvalue weighted by Gasteiger charge is 2.18. The molecule has 9 rings (SSSR count). The molecule has 0 fully saturated rings. The highest BCUT2D eigenvalue weighted by atomic mass is 32.1. The molecule has 0 amide bonds. The molecule has 0 bridgehead atoms. The molecule has 0 atom stereocenters. The van der Waals surface area contributed by atoms with Crippen LogP contribution in [0.3, 0.4) is 0 Å². The number of nitrogens with zero attached hydrogens (tertiary/aromatic N) is 3. The Bertz CT molecular complexity index is 2670. The SMILES string of the molecule is C=Cc1sc2ccccc2c1/C=C\Cc1nc(C2=CCCC=C2)nc(-c2cccc3c(-c4cccc5oc6ccccc6c45)cccc23)n1. The number of allylic oxidation sites excluding steroid dienone is 5. The predicted octanol–water partition coefficient (Wildman–Crippen LogP) is 12.1. The van der Waals surface area contributed by atoms with Crippen LogP contribution in [-0.4, -0.2) is 15.0 Å². The number of aromatic nitrogens is 3. The number of hydrogen-bond acceptors (Lipinski definition) is 5. The van der Waals surface area contributed by atoms with E-state index in [4.69, 9.17) is 19.4 Å². The first kappa shape index (κ1) is 29.2. The van der Waals surface area contributed by atoms with Crippen molar-refractivity contribution in [1.82, 2.24) is 15.0 Å². The molecule has 0 radical (unpaired) electrons. The Morgan fingerprint density at radius 3 is 2.24 bits per heavy atom. The summed E-state index contributed by atoms with van der Waals surface area (Å²) in [7, 11) is 0. The smallest absolute Gasteiger partial charge is 0.164 e. The lowest BCUT2D eigenvalue weighted by Crippen LogP contribution is -2.05. The Morgan fingerprint density at radius 2 is 1.39 bits per heavy atom. The molecule has 8 aromatic rings. The molecule has 5 aromatic carbocycles. The Morgan fingerprint density at radius 1 is 0.673 bits per heavy atom. The highest BCUT2D eigenvalue weighted by Crippen LogP contribution is 2.41. The Hall–Kier alpha value is -5.91. The second-order valence-corrected chi connectivity index (χ2v) is 13.3. The molecule has 0 unspecified atom stereocenters. The van der Waals surface area contributed by atoms with Gasteiger partial charge in [-0.05, 0) is 58.5 Å². The van der Waals surface area contributed by atoms with Crippen LogP contribution in [0.15, 0.2) is 138 Å². The molecular formula is C44H31N3OS. The summed E-state index contributed by atoms with van der Waals surface area (Å²) < 4.78 is 7.50. The number of thiophene rings is 1. The fraction of sp³-hybridized carbons (Fsp3) is 0.0682. The van der Waals surface area contributed by atoms with Gasteiger partial charge in [0.1, 0.15) is 17.0 Å². The van der Waals surface area contributed by atoms with E-state index in [1.165, 1.54) is 15.6 Å². The van der Waals surface area contributed by atoms with Crippen molar-refractivity contribution in [3.05, 3.63) is 156 Å². The van der Waals surface area contributed by atoms with Crippen LogP contribution >= 0.6 is 11.3 Å². The normalized spacial score (nSPS) is 13.3. The van der Waals surface area contributed by atoms with E-state index in [0.717, 1.165) is 78.5 Å². The molecular weight excluding hydrogens is 619 g/mol. The largest absolute Gasteiger partial charge is 0.456 e. The lowest BCUT2D eigenvalue weighted by atomic mass is 9.93. The molecule has 3 aromatic heterocycles. The summed E-state index contributed by atoms with van der Waals surface area (Å²) in [5.41, 5.74) is 7.27. The number of hydrogen-bond donors (Lipinski definition) is 0. The minimum absolute atomic E-state index is 0.575. The van der Waals surface area contributed by atoms with Gasteiger partial charge in [-0.1, -0.05) is 128 Å². The van der Waals surface area contributed by atoms with Crippen LogP contribution in [0.5, 0.6) is 0 Å². The lowest BCUT2D eigenvalue weighted by Gasteiger charge is -2.13. The topological polar surface area (TPSA) is 51.8 Å². The maximum Gasteiger partial charge on any atom is 0.164 e. The quantitative estimate of drug-likeness (QED) is 0.172. The minimum atomic E-state index is 0.575. The van der Waals surface area contributed by atoms with E-state index in [9.17, 15) is 0 Å². The average molecular weight is 650 g/mol. The molecule has 0 N–H and O–H groups in total. The van der Waals surface area contributed by atoms with Gasteiger partial charge in [0.2, 0.25) is 0 Å². The van der Waals surface area contributed by atoms with Crippen LogP contribution in [0.2, 0.25) is 0 Å². The summed E-state index contributed by atoms with van der Waals surface area (Å²) in [5, 5.41) is 5.71. The number of fused-ring (bicyclic) bond motifs is 5. The van der Waals surface area contributed by atoms with Gasteiger partial charge in [0.05, 0.1) is 0 Å². The summed E-state index contributed by atoms with van der Waals surface area (Å²) in [6.45, 7) is 4.06. The van der Waals surface area contributed by atoms with Gasteiger partial charge in [-0.15, -0.1) is 11.3 Å². The minimum Gasteiger partial charge on any atom is -0.456 e. The van der Waals surface area contributed by atoms with Gasteiger partial charge < -0.3 is 4.42 Å². The predicted molar refractivity (Wildman–Crippen MR) is 206 cm³/mol. The van der Waals surface area contributed by atoms with E-state index in [1.54, 1.807) is 11.3 Å². The van der Waals surface area contributed by atoms with Gasteiger partial charge in [0, 0.05) is 43.3 Å². The van der Waals surface area contributed by atoms with Crippen LogP contribution in [-0.2, 0) is 6.42 Å². The Kier molecular flexibility index (Phi) is 7.33. The standard InChI is InChI=1S/C44H31N3OS/c1-2-39-32(33-16-7-9-26-40(33)49-39)21-13-27-41-45-43(28-14-4-3-5-15-28)47-44(46-41)35-23-11-18-29-30(19-10-20-31(29)35)34-22-12-25-38-42(34)36-17-6-8-24-37(36)48-38/h2,4,6-26H,1,3,5,27H2/b21-13-. The van der Waals surface area contributed by atoms with Crippen LogP contribution in [0.25, 0.3) is 83.0 Å². The zero-order chi connectivity index (χ0) is 32.7. The zero-order valence-corrected chi connectivity index (χ0v) is 27.6. The molecule has 1 aliphatic rings. The number of para-hydroxylation sites is 1. The Balaban J connectivity index is 1.17. The van der Waals surface area contributed by atoms with E-state index >= 15 is 0 Å². The van der Waals surface area contributed by atoms with Crippen LogP contribution in [0.1, 0.15) is 34.9 Å². The summed E-state index contributed by atoms with van der Waals surface area (Å²) in [6, 6.07) is 36.0. The third-order valence-corrected chi connectivity index (χ3v) is 10.4. The molecule has 1 aliphatic carbocycles. The fourth-order valence-electron chi connectivity index (χ4n) is 6.97. The summed E-state index contributed by atoms with van der Waals surface area (Å²) in [4.78, 5) is 16.3. The van der Waals surface area contributed by atoms with Gasteiger partial charge in [0.15, 0.2) is 11.6 Å². The summed E-state index contributed by atoms with van der Waals surface area (Å²) in [6.07, 6.45) is 15.4. The molecule has 234 valence electrons. The highest BCUT2D eigenvalue weighted by molar-refractivity contribution is 7.20. The third kappa shape index (κ3) is 5.20. The molecule has 0 saturated heterocycles. The van der Waals surface area contributed by atoms with E-state index in [1.807, 2.05) is 24.3 Å². The Labute approximate surface area is 288 Å². The molecule has 0 saturated carbocycles. The molecule has 0 spiro atoms. The molecule has 3 heterocycles. The number of furan rings is 1. The van der Waals surface area contributed by atoms with Crippen molar-refractivity contribution in [3.63, 3.8) is 0 Å².